The smallest absolute Gasteiger partial charge is 0.352 e. The van der Waals surface area contributed by atoms with Crippen LogP contribution >= 0.6 is 0 Å². The van der Waals surface area contributed by atoms with Crippen LogP contribution in [0.1, 0.15) is 35.2 Å². The minimum atomic E-state index is -4.81. The summed E-state index contributed by atoms with van der Waals surface area (Å²) in [6, 6.07) is 2.59. The van der Waals surface area contributed by atoms with Crippen molar-refractivity contribution in [2.24, 2.45) is 0 Å². The molecule has 1 fully saturated rings. The first-order valence-corrected chi connectivity index (χ1v) is 6.76. The van der Waals surface area contributed by atoms with E-state index in [1.807, 2.05) is 0 Å². The minimum absolute atomic E-state index is 0.192. The van der Waals surface area contributed by atoms with Crippen molar-refractivity contribution in [2.45, 2.75) is 31.5 Å². The summed E-state index contributed by atoms with van der Waals surface area (Å²) < 4.78 is 50.8. The Morgan fingerprint density at radius 2 is 2.14 bits per heavy atom. The van der Waals surface area contributed by atoms with Gasteiger partial charge in [-0.15, -0.1) is 0 Å². The molecule has 0 aromatic heterocycles. The molecule has 1 aliphatic heterocycles. The Morgan fingerprint density at radius 3 is 2.76 bits per heavy atom. The third-order valence-electron chi connectivity index (χ3n) is 3.47. The number of carbonyl (C=O) groups is 1. The number of alkyl halides is 3. The predicted octanol–water partition coefficient (Wildman–Crippen LogP) is 2.72. The van der Waals surface area contributed by atoms with E-state index in [-0.39, 0.29) is 5.56 Å². The van der Waals surface area contributed by atoms with Crippen molar-refractivity contribution in [3.05, 3.63) is 35.1 Å². The Morgan fingerprint density at radius 1 is 1.38 bits per heavy atom. The van der Waals surface area contributed by atoms with Gasteiger partial charge in [-0.2, -0.15) is 13.2 Å². The molecule has 0 aliphatic carbocycles. The van der Waals surface area contributed by atoms with Gasteiger partial charge in [0.2, 0.25) is 0 Å². The fourth-order valence-corrected chi connectivity index (χ4v) is 2.35. The van der Waals surface area contributed by atoms with Crippen LogP contribution in [-0.2, 0) is 6.18 Å². The van der Waals surface area contributed by atoms with E-state index in [4.69, 9.17) is 0 Å². The molecule has 7 heteroatoms. The Kier molecular flexibility index (Phi) is 4.82. The second-order valence-corrected chi connectivity index (χ2v) is 5.03. The summed E-state index contributed by atoms with van der Waals surface area (Å²) in [4.78, 5) is 11.8. The summed E-state index contributed by atoms with van der Waals surface area (Å²) in [5.74, 6) is -2.01. The molecule has 21 heavy (non-hydrogen) atoms. The van der Waals surface area contributed by atoms with Gasteiger partial charge < -0.3 is 10.6 Å². The molecule has 0 spiro atoms. The van der Waals surface area contributed by atoms with E-state index in [1.165, 1.54) is 0 Å². The van der Waals surface area contributed by atoms with Gasteiger partial charge in [-0.25, -0.2) is 4.39 Å². The Labute approximate surface area is 119 Å². The molecule has 0 bridgehead atoms. The van der Waals surface area contributed by atoms with Gasteiger partial charge in [-0.1, -0.05) is 0 Å². The molecule has 0 saturated carbocycles. The van der Waals surface area contributed by atoms with Crippen molar-refractivity contribution in [3.8, 4) is 0 Å². The van der Waals surface area contributed by atoms with Crippen LogP contribution in [0.2, 0.25) is 0 Å². The number of halogens is 4. The van der Waals surface area contributed by atoms with Crippen LogP contribution in [-0.4, -0.2) is 25.0 Å². The van der Waals surface area contributed by atoms with Crippen molar-refractivity contribution in [1.82, 2.24) is 10.6 Å². The first-order chi connectivity index (χ1) is 9.88. The zero-order chi connectivity index (χ0) is 15.5. The Balaban J connectivity index is 1.95. The highest BCUT2D eigenvalue weighted by Gasteiger charge is 2.34. The number of hydrogen-bond donors (Lipinski definition) is 2. The molecule has 1 amide bonds. The van der Waals surface area contributed by atoms with Gasteiger partial charge in [0.05, 0.1) is 5.56 Å². The van der Waals surface area contributed by atoms with Gasteiger partial charge in [0.1, 0.15) is 5.82 Å². The molecule has 1 aliphatic rings. The fraction of sp³-hybridized carbons (Fsp3) is 0.500. The summed E-state index contributed by atoms with van der Waals surface area (Å²) in [5, 5.41) is 5.81. The number of hydrogen-bond acceptors (Lipinski definition) is 2. The van der Waals surface area contributed by atoms with E-state index in [9.17, 15) is 22.4 Å². The molecular weight excluding hydrogens is 288 g/mol. The normalized spacial score (nSPS) is 18.8. The van der Waals surface area contributed by atoms with E-state index >= 15 is 0 Å². The van der Waals surface area contributed by atoms with Gasteiger partial charge >= 0.3 is 6.18 Å². The summed E-state index contributed by atoms with van der Waals surface area (Å²) in [6.45, 7) is 1.32. The van der Waals surface area contributed by atoms with Crippen LogP contribution < -0.4 is 10.6 Å². The quantitative estimate of drug-likeness (QED) is 0.840. The van der Waals surface area contributed by atoms with Gasteiger partial charge in [-0.3, -0.25) is 4.79 Å². The first-order valence-electron chi connectivity index (χ1n) is 6.76. The number of amides is 1. The molecular formula is C14H16F4N2O. The Hall–Kier alpha value is -1.63. The summed E-state index contributed by atoms with van der Waals surface area (Å²) in [7, 11) is 0. The highest BCUT2D eigenvalue weighted by Crippen LogP contribution is 2.31. The van der Waals surface area contributed by atoms with E-state index < -0.39 is 23.5 Å². The molecule has 1 heterocycles. The van der Waals surface area contributed by atoms with E-state index in [2.05, 4.69) is 10.6 Å². The third-order valence-corrected chi connectivity index (χ3v) is 3.47. The lowest BCUT2D eigenvalue weighted by atomic mass is 10.1. The van der Waals surface area contributed by atoms with E-state index in [0.29, 0.717) is 24.7 Å². The maximum absolute atomic E-state index is 13.1. The van der Waals surface area contributed by atoms with Crippen LogP contribution in [0, 0.1) is 5.82 Å². The molecule has 116 valence electrons. The SMILES string of the molecule is O=C(NCC[C@@H]1CCCN1)c1ccc(F)c(C(F)(F)F)c1. The highest BCUT2D eigenvalue weighted by atomic mass is 19.4. The van der Waals surface area contributed by atoms with Crippen LogP contribution in [0.3, 0.4) is 0 Å². The maximum Gasteiger partial charge on any atom is 0.419 e. The van der Waals surface area contributed by atoms with Gasteiger partial charge in [0, 0.05) is 18.2 Å². The lowest BCUT2D eigenvalue weighted by molar-refractivity contribution is -0.140. The molecule has 0 unspecified atom stereocenters. The van der Waals surface area contributed by atoms with E-state index in [1.54, 1.807) is 0 Å². The maximum atomic E-state index is 13.1. The molecule has 1 atom stereocenters. The molecule has 1 aromatic carbocycles. The molecule has 3 nitrogen and oxygen atoms in total. The standard InChI is InChI=1S/C14H16F4N2O/c15-12-4-3-9(8-11(12)14(16,17)18)13(21)20-7-5-10-2-1-6-19-10/h3-4,8,10,19H,1-2,5-7H2,(H,20,21)/t10-/m0/s1. The monoisotopic (exact) mass is 304 g/mol. The lowest BCUT2D eigenvalue weighted by Crippen LogP contribution is -2.30. The summed E-state index contributed by atoms with van der Waals surface area (Å²) in [5.41, 5.74) is -1.62. The number of benzene rings is 1. The van der Waals surface area contributed by atoms with Gasteiger partial charge in [0.25, 0.3) is 5.91 Å². The molecule has 2 rings (SSSR count). The van der Waals surface area contributed by atoms with Gasteiger partial charge in [0.15, 0.2) is 0 Å². The second kappa shape index (κ2) is 6.43. The molecule has 0 radical (unpaired) electrons. The first kappa shape index (κ1) is 15.8. The molecule has 1 saturated heterocycles. The average molecular weight is 304 g/mol. The predicted molar refractivity (Wildman–Crippen MR) is 69.4 cm³/mol. The van der Waals surface area contributed by atoms with Crippen molar-refractivity contribution in [3.63, 3.8) is 0 Å². The summed E-state index contributed by atoms with van der Waals surface area (Å²) in [6.07, 6.45) is -1.97. The lowest BCUT2D eigenvalue weighted by Gasteiger charge is -2.12. The minimum Gasteiger partial charge on any atom is -0.352 e. The Bertz CT molecular complexity index is 510. The zero-order valence-electron chi connectivity index (χ0n) is 11.3. The van der Waals surface area contributed by atoms with Crippen molar-refractivity contribution < 1.29 is 22.4 Å². The highest BCUT2D eigenvalue weighted by molar-refractivity contribution is 5.94. The van der Waals surface area contributed by atoms with Gasteiger partial charge in [-0.05, 0) is 44.0 Å². The number of carbonyl (C=O) groups excluding carboxylic acids is 1. The average Bonchev–Trinajstić information content (AvgIpc) is 2.91. The van der Waals surface area contributed by atoms with Crippen molar-refractivity contribution >= 4 is 5.91 Å². The molecule has 2 N–H and O–H groups in total. The largest absolute Gasteiger partial charge is 0.419 e. The van der Waals surface area contributed by atoms with Crippen LogP contribution in [0.5, 0.6) is 0 Å². The van der Waals surface area contributed by atoms with Crippen LogP contribution in [0.4, 0.5) is 17.6 Å². The topological polar surface area (TPSA) is 41.1 Å². The fourth-order valence-electron chi connectivity index (χ4n) is 2.35. The summed E-state index contributed by atoms with van der Waals surface area (Å²) >= 11 is 0. The van der Waals surface area contributed by atoms with Crippen LogP contribution in [0.25, 0.3) is 0 Å². The van der Waals surface area contributed by atoms with Crippen molar-refractivity contribution in [2.75, 3.05) is 13.1 Å². The second-order valence-electron chi connectivity index (χ2n) is 5.03. The zero-order valence-corrected chi connectivity index (χ0v) is 11.3. The van der Waals surface area contributed by atoms with E-state index in [0.717, 1.165) is 31.9 Å². The van der Waals surface area contributed by atoms with Crippen molar-refractivity contribution in [1.29, 1.82) is 0 Å². The molecule has 1 aromatic rings. The third kappa shape index (κ3) is 4.17. The number of rotatable bonds is 4. The van der Waals surface area contributed by atoms with Crippen LogP contribution in [0.15, 0.2) is 18.2 Å². The number of nitrogens with one attached hydrogen (secondary N) is 2.